The topological polar surface area (TPSA) is 90.2 Å². The van der Waals surface area contributed by atoms with Gasteiger partial charge in [-0.3, -0.25) is 0 Å². The summed E-state index contributed by atoms with van der Waals surface area (Å²) in [6, 6.07) is 0. The van der Waals surface area contributed by atoms with Crippen LogP contribution in [0.5, 0.6) is 0 Å². The molecular weight excluding hydrogens is 320 g/mol. The number of rotatable bonds is 4. The van der Waals surface area contributed by atoms with Crippen LogP contribution in [-0.2, 0) is 4.74 Å². The Kier molecular flexibility index (Phi) is 5.05. The largest absolute Gasteiger partial charge is 0.396 e. The SMILES string of the molecule is C[C@H]1CC[C@H]2C(C)(CO)C(O)CC[C@]2(C)[C@@]12CC[C@](CO)(CCO)O2. The van der Waals surface area contributed by atoms with Crippen molar-refractivity contribution in [1.82, 2.24) is 0 Å². The van der Waals surface area contributed by atoms with Gasteiger partial charge in [0.05, 0.1) is 30.5 Å². The van der Waals surface area contributed by atoms with Crippen LogP contribution in [0.15, 0.2) is 0 Å². The van der Waals surface area contributed by atoms with Crippen LogP contribution in [0, 0.1) is 22.7 Å². The van der Waals surface area contributed by atoms with Crippen molar-refractivity contribution in [2.75, 3.05) is 19.8 Å². The predicted molar refractivity (Wildman–Crippen MR) is 95.0 cm³/mol. The first-order valence-corrected chi connectivity index (χ1v) is 9.94. The number of aliphatic hydroxyl groups excluding tert-OH is 4. The Morgan fingerprint density at radius 1 is 0.960 bits per heavy atom. The van der Waals surface area contributed by atoms with Crippen molar-refractivity contribution in [1.29, 1.82) is 0 Å². The quantitative estimate of drug-likeness (QED) is 0.617. The summed E-state index contributed by atoms with van der Waals surface area (Å²) in [5.74, 6) is 0.549. The molecule has 2 saturated carbocycles. The van der Waals surface area contributed by atoms with Gasteiger partial charge in [0.15, 0.2) is 0 Å². The number of ether oxygens (including phenoxy) is 1. The zero-order valence-corrected chi connectivity index (χ0v) is 16.0. The summed E-state index contributed by atoms with van der Waals surface area (Å²) in [5.41, 5.74) is -1.66. The molecule has 5 nitrogen and oxygen atoms in total. The number of hydrogen-bond acceptors (Lipinski definition) is 5. The van der Waals surface area contributed by atoms with Gasteiger partial charge in [-0.2, -0.15) is 0 Å². The summed E-state index contributed by atoms with van der Waals surface area (Å²) in [5, 5.41) is 40.2. The molecule has 1 aliphatic heterocycles. The molecule has 1 spiro atoms. The fraction of sp³-hybridized carbons (Fsp3) is 1.00. The summed E-state index contributed by atoms with van der Waals surface area (Å²) in [6.45, 7) is 6.47. The van der Waals surface area contributed by atoms with Crippen LogP contribution in [-0.4, -0.2) is 57.6 Å². The van der Waals surface area contributed by atoms with Crippen molar-refractivity contribution < 1.29 is 25.2 Å². The van der Waals surface area contributed by atoms with E-state index in [1.165, 1.54) is 0 Å². The maximum atomic E-state index is 10.6. The van der Waals surface area contributed by atoms with Crippen LogP contribution in [0.3, 0.4) is 0 Å². The van der Waals surface area contributed by atoms with Crippen LogP contribution in [0.1, 0.15) is 65.7 Å². The third-order valence-corrected chi connectivity index (χ3v) is 8.46. The van der Waals surface area contributed by atoms with E-state index in [4.69, 9.17) is 4.74 Å². The minimum Gasteiger partial charge on any atom is -0.396 e. The second-order valence-corrected chi connectivity index (χ2v) is 9.47. The highest BCUT2D eigenvalue weighted by atomic mass is 16.5. The Morgan fingerprint density at radius 2 is 1.68 bits per heavy atom. The summed E-state index contributed by atoms with van der Waals surface area (Å²) >= 11 is 0. The van der Waals surface area contributed by atoms with E-state index in [0.29, 0.717) is 18.8 Å². The van der Waals surface area contributed by atoms with E-state index in [0.717, 1.165) is 32.1 Å². The first-order chi connectivity index (χ1) is 11.7. The molecule has 0 aromatic carbocycles. The van der Waals surface area contributed by atoms with Crippen molar-refractivity contribution >= 4 is 0 Å². The molecule has 0 aromatic rings. The average molecular weight is 357 g/mol. The Labute approximate surface area is 151 Å². The van der Waals surface area contributed by atoms with Gasteiger partial charge in [0, 0.05) is 23.9 Å². The lowest BCUT2D eigenvalue weighted by atomic mass is 9.43. The van der Waals surface area contributed by atoms with Gasteiger partial charge >= 0.3 is 0 Å². The fourth-order valence-corrected chi connectivity index (χ4v) is 6.70. The standard InChI is InChI=1S/C20H36O5/c1-14-4-5-15-17(2,12-22)16(24)6-7-18(15,3)20(14)9-8-19(13-23,25-20)10-11-21/h14-16,21-24H,4-13H2,1-3H3/t14-,15-,16?,17?,18-,19+,20+/m0/s1. The van der Waals surface area contributed by atoms with Crippen molar-refractivity contribution in [3.63, 3.8) is 0 Å². The van der Waals surface area contributed by atoms with Gasteiger partial charge in [-0.05, 0) is 50.4 Å². The highest BCUT2D eigenvalue weighted by molar-refractivity contribution is 5.17. The lowest BCUT2D eigenvalue weighted by molar-refractivity contribution is -0.272. The molecular formula is C20H36O5. The van der Waals surface area contributed by atoms with Gasteiger partial charge < -0.3 is 25.2 Å². The molecule has 0 bridgehead atoms. The zero-order valence-electron chi connectivity index (χ0n) is 16.0. The van der Waals surface area contributed by atoms with E-state index in [2.05, 4.69) is 13.8 Å². The number of hydrogen-bond donors (Lipinski definition) is 4. The molecule has 0 amide bonds. The third kappa shape index (κ3) is 2.53. The van der Waals surface area contributed by atoms with E-state index in [1.54, 1.807) is 0 Å². The van der Waals surface area contributed by atoms with Gasteiger partial charge in [-0.1, -0.05) is 20.8 Å². The Balaban J connectivity index is 2.02. The van der Waals surface area contributed by atoms with Gasteiger partial charge in [-0.25, -0.2) is 0 Å². The van der Waals surface area contributed by atoms with Gasteiger partial charge in [0.1, 0.15) is 0 Å². The van der Waals surface area contributed by atoms with Crippen LogP contribution in [0.2, 0.25) is 0 Å². The summed E-state index contributed by atoms with van der Waals surface area (Å²) in [4.78, 5) is 0. The minimum absolute atomic E-state index is 0.0121. The van der Waals surface area contributed by atoms with Gasteiger partial charge in [0.2, 0.25) is 0 Å². The van der Waals surface area contributed by atoms with E-state index >= 15 is 0 Å². The first kappa shape index (κ1) is 19.6. The first-order valence-electron chi connectivity index (χ1n) is 9.94. The minimum atomic E-state index is -0.653. The molecule has 7 atom stereocenters. The third-order valence-electron chi connectivity index (χ3n) is 8.46. The van der Waals surface area contributed by atoms with E-state index < -0.39 is 17.1 Å². The van der Waals surface area contributed by atoms with E-state index in [1.807, 2.05) is 6.92 Å². The Bertz CT molecular complexity index is 498. The molecule has 146 valence electrons. The van der Waals surface area contributed by atoms with E-state index in [9.17, 15) is 20.4 Å². The Hall–Kier alpha value is -0.200. The summed E-state index contributed by atoms with van der Waals surface area (Å²) in [7, 11) is 0. The van der Waals surface area contributed by atoms with Crippen molar-refractivity contribution in [3.05, 3.63) is 0 Å². The average Bonchev–Trinajstić information content (AvgIpc) is 2.99. The molecule has 3 aliphatic rings. The molecule has 1 saturated heterocycles. The predicted octanol–water partition coefficient (Wildman–Crippen LogP) is 1.85. The highest BCUT2D eigenvalue weighted by Gasteiger charge is 2.68. The van der Waals surface area contributed by atoms with Crippen molar-refractivity contribution in [2.24, 2.45) is 22.7 Å². The maximum Gasteiger partial charge on any atom is 0.0942 e. The molecule has 5 heteroatoms. The van der Waals surface area contributed by atoms with Crippen LogP contribution in [0.25, 0.3) is 0 Å². The smallest absolute Gasteiger partial charge is 0.0942 e. The lowest BCUT2D eigenvalue weighted by Crippen LogP contribution is -2.66. The van der Waals surface area contributed by atoms with Crippen LogP contribution in [0.4, 0.5) is 0 Å². The monoisotopic (exact) mass is 356 g/mol. The molecule has 0 aromatic heterocycles. The van der Waals surface area contributed by atoms with Crippen LogP contribution >= 0.6 is 0 Å². The lowest BCUT2D eigenvalue weighted by Gasteiger charge is -2.65. The molecule has 3 fully saturated rings. The van der Waals surface area contributed by atoms with E-state index in [-0.39, 0.29) is 36.8 Å². The summed E-state index contributed by atoms with van der Waals surface area (Å²) < 4.78 is 6.75. The molecule has 2 aliphatic carbocycles. The second-order valence-electron chi connectivity index (χ2n) is 9.47. The second kappa shape index (κ2) is 6.45. The zero-order chi connectivity index (χ0) is 18.5. The van der Waals surface area contributed by atoms with Gasteiger partial charge in [-0.15, -0.1) is 0 Å². The van der Waals surface area contributed by atoms with Gasteiger partial charge in [0.25, 0.3) is 0 Å². The Morgan fingerprint density at radius 3 is 2.28 bits per heavy atom. The fourth-order valence-electron chi connectivity index (χ4n) is 6.70. The number of aliphatic hydroxyl groups is 4. The van der Waals surface area contributed by atoms with Crippen molar-refractivity contribution in [3.8, 4) is 0 Å². The molecule has 2 unspecified atom stereocenters. The normalized spacial score (nSPS) is 53.2. The highest BCUT2D eigenvalue weighted by Crippen LogP contribution is 2.67. The molecule has 0 radical (unpaired) electrons. The molecule has 25 heavy (non-hydrogen) atoms. The molecule has 3 rings (SSSR count). The number of fused-ring (bicyclic) bond motifs is 2. The summed E-state index contributed by atoms with van der Waals surface area (Å²) in [6.07, 6.45) is 5.15. The van der Waals surface area contributed by atoms with Crippen molar-refractivity contribution in [2.45, 2.75) is 83.0 Å². The van der Waals surface area contributed by atoms with Crippen LogP contribution < -0.4 is 0 Å². The molecule has 1 heterocycles. The molecule has 4 N–H and O–H groups in total. The maximum absolute atomic E-state index is 10.6.